The van der Waals surface area contributed by atoms with Crippen LogP contribution in [0.15, 0.2) is 94.4 Å². The van der Waals surface area contributed by atoms with Gasteiger partial charge in [-0.3, -0.25) is 0 Å². The van der Waals surface area contributed by atoms with Crippen LogP contribution in [0.25, 0.3) is 33.0 Å². The molecule has 244 valence electrons. The van der Waals surface area contributed by atoms with Crippen LogP contribution in [0.2, 0.25) is 5.02 Å². The van der Waals surface area contributed by atoms with Crippen LogP contribution >= 0.6 is 11.6 Å². The van der Waals surface area contributed by atoms with Crippen LogP contribution in [0.4, 0.5) is 0 Å². The molecule has 0 saturated carbocycles. The Labute approximate surface area is 279 Å². The standard InChI is InChI=1S/C36H30ClN3O8/c37-28-13-24(16-38-25(17-41)18-42)30(46-19-21-4-5-22-7-9-34(43)47-31(22)12-21)15-32(28)48-36-27-3-1-2-26(35(27)39-20-40-36)23-6-8-29-33(14-23)45-11-10-44-29/h1-9,12-15,20,25,38,41-42H,10-11,16-19H2. The van der Waals surface area contributed by atoms with Gasteiger partial charge in [0, 0.05) is 35.2 Å². The zero-order chi connectivity index (χ0) is 33.0. The third-order valence-corrected chi connectivity index (χ3v) is 8.20. The largest absolute Gasteiger partial charge is 0.488 e. The lowest BCUT2D eigenvalue weighted by Crippen LogP contribution is -2.35. The number of rotatable bonds is 11. The first kappa shape index (κ1) is 31.4. The van der Waals surface area contributed by atoms with Crippen molar-refractivity contribution < 1.29 is 33.6 Å². The fourth-order valence-corrected chi connectivity index (χ4v) is 5.64. The first-order valence-electron chi connectivity index (χ1n) is 15.2. The van der Waals surface area contributed by atoms with Gasteiger partial charge in [0.1, 0.15) is 37.5 Å². The molecule has 0 aliphatic carbocycles. The lowest BCUT2D eigenvalue weighted by atomic mass is 10.0. The number of benzene rings is 4. The molecule has 6 aromatic rings. The summed E-state index contributed by atoms with van der Waals surface area (Å²) in [6.45, 7) is 0.871. The lowest BCUT2D eigenvalue weighted by molar-refractivity contribution is 0.170. The predicted octanol–water partition coefficient (Wildman–Crippen LogP) is 5.64. The Hall–Kier alpha value is -5.20. The first-order valence-corrected chi connectivity index (χ1v) is 15.6. The summed E-state index contributed by atoms with van der Waals surface area (Å²) in [5.74, 6) is 2.41. The van der Waals surface area contributed by atoms with Gasteiger partial charge in [-0.05, 0) is 47.5 Å². The third-order valence-electron chi connectivity index (χ3n) is 7.91. The van der Waals surface area contributed by atoms with Gasteiger partial charge >= 0.3 is 5.63 Å². The van der Waals surface area contributed by atoms with E-state index in [0.717, 1.165) is 22.1 Å². The number of aromatic nitrogens is 2. The molecule has 0 radical (unpaired) electrons. The number of ether oxygens (including phenoxy) is 4. The zero-order valence-electron chi connectivity index (χ0n) is 25.5. The van der Waals surface area contributed by atoms with Gasteiger partial charge < -0.3 is 38.9 Å². The molecule has 11 nitrogen and oxygen atoms in total. The summed E-state index contributed by atoms with van der Waals surface area (Å²) in [7, 11) is 0. The van der Waals surface area contributed by atoms with E-state index in [4.69, 9.17) is 35.0 Å². The van der Waals surface area contributed by atoms with Crippen molar-refractivity contribution >= 4 is 33.5 Å². The molecular formula is C36H30ClN3O8. The molecule has 3 heterocycles. The van der Waals surface area contributed by atoms with Gasteiger partial charge in [-0.15, -0.1) is 0 Å². The normalized spacial score (nSPS) is 12.5. The quantitative estimate of drug-likeness (QED) is 0.148. The lowest BCUT2D eigenvalue weighted by Gasteiger charge is -2.19. The average molecular weight is 668 g/mol. The maximum atomic E-state index is 11.8. The van der Waals surface area contributed by atoms with E-state index in [2.05, 4.69) is 15.3 Å². The molecule has 12 heteroatoms. The number of nitrogens with one attached hydrogen (secondary N) is 1. The molecule has 0 atom stereocenters. The third kappa shape index (κ3) is 6.62. The van der Waals surface area contributed by atoms with E-state index in [0.29, 0.717) is 69.2 Å². The van der Waals surface area contributed by atoms with Gasteiger partial charge in [0.25, 0.3) is 0 Å². The van der Waals surface area contributed by atoms with Crippen LogP contribution in [0, 0.1) is 0 Å². The fraction of sp³-hybridized carbons (Fsp3) is 0.194. The highest BCUT2D eigenvalue weighted by Gasteiger charge is 2.18. The second kappa shape index (κ2) is 13.9. The molecule has 0 amide bonds. The summed E-state index contributed by atoms with van der Waals surface area (Å²) in [5.41, 5.74) is 3.88. The number of aliphatic hydroxyl groups is 2. The Balaban J connectivity index is 1.21. The number of hydrogen-bond acceptors (Lipinski definition) is 11. The number of para-hydroxylation sites is 1. The van der Waals surface area contributed by atoms with Gasteiger partial charge in [0.05, 0.1) is 35.2 Å². The van der Waals surface area contributed by atoms with E-state index < -0.39 is 11.7 Å². The Morgan fingerprint density at radius 1 is 0.896 bits per heavy atom. The Morgan fingerprint density at radius 3 is 2.58 bits per heavy atom. The van der Waals surface area contributed by atoms with Gasteiger partial charge in [-0.25, -0.2) is 14.8 Å². The molecule has 1 aliphatic heterocycles. The maximum absolute atomic E-state index is 11.8. The number of fused-ring (bicyclic) bond motifs is 3. The molecule has 48 heavy (non-hydrogen) atoms. The molecule has 2 aromatic heterocycles. The summed E-state index contributed by atoms with van der Waals surface area (Å²) in [5, 5.41) is 24.0. The molecule has 0 fully saturated rings. The van der Waals surface area contributed by atoms with Crippen LogP contribution in [-0.2, 0) is 13.2 Å². The van der Waals surface area contributed by atoms with Gasteiger partial charge in [0.15, 0.2) is 17.2 Å². The minimum Gasteiger partial charge on any atom is -0.488 e. The number of aliphatic hydroxyl groups excluding tert-OH is 2. The van der Waals surface area contributed by atoms with E-state index >= 15 is 0 Å². The summed E-state index contributed by atoms with van der Waals surface area (Å²) in [6.07, 6.45) is 1.44. The van der Waals surface area contributed by atoms with E-state index in [-0.39, 0.29) is 26.4 Å². The molecule has 0 bridgehead atoms. The minimum atomic E-state index is -0.535. The van der Waals surface area contributed by atoms with Crippen LogP contribution < -0.4 is 29.9 Å². The van der Waals surface area contributed by atoms with Crippen molar-refractivity contribution in [2.45, 2.75) is 19.2 Å². The predicted molar refractivity (Wildman–Crippen MR) is 179 cm³/mol. The van der Waals surface area contributed by atoms with Crippen molar-refractivity contribution in [2.75, 3.05) is 26.4 Å². The summed E-state index contributed by atoms with van der Waals surface area (Å²) in [6, 6.07) is 22.9. The fourth-order valence-electron chi connectivity index (χ4n) is 5.42. The Kier molecular flexibility index (Phi) is 9.08. The van der Waals surface area contributed by atoms with Crippen LogP contribution in [-0.4, -0.2) is 52.7 Å². The molecule has 7 rings (SSSR count). The topological polar surface area (TPSA) is 145 Å². The molecule has 0 spiro atoms. The Bertz CT molecular complexity index is 2170. The molecule has 4 aromatic carbocycles. The van der Waals surface area contributed by atoms with Crippen LogP contribution in [0.5, 0.6) is 28.9 Å². The second-order valence-electron chi connectivity index (χ2n) is 11.1. The molecule has 1 aliphatic rings. The number of halogens is 1. The number of hydrogen-bond donors (Lipinski definition) is 3. The minimum absolute atomic E-state index is 0.140. The second-order valence-corrected chi connectivity index (χ2v) is 11.5. The zero-order valence-corrected chi connectivity index (χ0v) is 26.3. The summed E-state index contributed by atoms with van der Waals surface area (Å²) < 4.78 is 29.4. The highest BCUT2D eigenvalue weighted by Crippen LogP contribution is 2.40. The van der Waals surface area contributed by atoms with E-state index in [1.165, 1.54) is 12.4 Å². The van der Waals surface area contributed by atoms with E-state index in [9.17, 15) is 15.0 Å². The van der Waals surface area contributed by atoms with Crippen molar-refractivity contribution in [2.24, 2.45) is 0 Å². The Morgan fingerprint density at radius 2 is 1.73 bits per heavy atom. The van der Waals surface area contributed by atoms with Gasteiger partial charge in [-0.2, -0.15) is 0 Å². The monoisotopic (exact) mass is 667 g/mol. The van der Waals surface area contributed by atoms with Crippen molar-refractivity contribution in [3.05, 3.63) is 112 Å². The van der Waals surface area contributed by atoms with Gasteiger partial charge in [0.2, 0.25) is 5.88 Å². The molecule has 0 unspecified atom stereocenters. The summed E-state index contributed by atoms with van der Waals surface area (Å²) in [4.78, 5) is 20.8. The van der Waals surface area contributed by atoms with E-state index in [1.807, 2.05) is 48.5 Å². The maximum Gasteiger partial charge on any atom is 0.336 e. The van der Waals surface area contributed by atoms with E-state index in [1.54, 1.807) is 24.3 Å². The van der Waals surface area contributed by atoms with Crippen molar-refractivity contribution in [1.82, 2.24) is 15.3 Å². The van der Waals surface area contributed by atoms with Crippen molar-refractivity contribution in [1.29, 1.82) is 0 Å². The molecular weight excluding hydrogens is 638 g/mol. The molecule has 3 N–H and O–H groups in total. The average Bonchev–Trinajstić information content (AvgIpc) is 3.12. The van der Waals surface area contributed by atoms with Gasteiger partial charge in [-0.1, -0.05) is 41.9 Å². The number of nitrogens with zero attached hydrogens (tertiary/aromatic N) is 2. The van der Waals surface area contributed by atoms with Crippen molar-refractivity contribution in [3.63, 3.8) is 0 Å². The van der Waals surface area contributed by atoms with Crippen molar-refractivity contribution in [3.8, 4) is 40.0 Å². The molecule has 0 saturated heterocycles. The van der Waals surface area contributed by atoms with Crippen LogP contribution in [0.1, 0.15) is 11.1 Å². The smallest absolute Gasteiger partial charge is 0.336 e. The first-order chi connectivity index (χ1) is 23.5. The van der Waals surface area contributed by atoms with Crippen LogP contribution in [0.3, 0.4) is 0 Å². The highest BCUT2D eigenvalue weighted by molar-refractivity contribution is 6.32. The highest BCUT2D eigenvalue weighted by atomic mass is 35.5. The SMILES string of the molecule is O=c1ccc2ccc(COc3cc(Oc4ncnc5c(-c6ccc7c(c6)OCCO7)cccc45)c(Cl)cc3CNC(CO)CO)cc2o1. The summed E-state index contributed by atoms with van der Waals surface area (Å²) >= 11 is 6.76.